The fourth-order valence-electron chi connectivity index (χ4n) is 1.39. The standard InChI is InChI=1S/C11H9I2N3O2/c1-5-4-14-16-10(5)15-11(18)7-2-6(12)3-8(13)9(7)17/h2-4,17H,1H3,(H2,14,15,16,18). The van der Waals surface area contributed by atoms with Crippen molar-refractivity contribution in [2.75, 3.05) is 5.32 Å². The lowest BCUT2D eigenvalue weighted by molar-refractivity contribution is 0.102. The van der Waals surface area contributed by atoms with Gasteiger partial charge in [-0.2, -0.15) is 5.10 Å². The van der Waals surface area contributed by atoms with Crippen LogP contribution in [0.2, 0.25) is 0 Å². The summed E-state index contributed by atoms with van der Waals surface area (Å²) in [6.45, 7) is 1.83. The average molecular weight is 469 g/mol. The maximum Gasteiger partial charge on any atom is 0.260 e. The Hall–Kier alpha value is -0.840. The van der Waals surface area contributed by atoms with E-state index in [4.69, 9.17) is 0 Å². The van der Waals surface area contributed by atoms with Crippen molar-refractivity contribution in [1.29, 1.82) is 0 Å². The van der Waals surface area contributed by atoms with Crippen LogP contribution in [0.25, 0.3) is 0 Å². The van der Waals surface area contributed by atoms with Crippen molar-refractivity contribution in [1.82, 2.24) is 10.2 Å². The van der Waals surface area contributed by atoms with Crippen LogP contribution < -0.4 is 5.32 Å². The highest BCUT2D eigenvalue weighted by molar-refractivity contribution is 14.1. The van der Waals surface area contributed by atoms with Crippen molar-refractivity contribution in [3.63, 3.8) is 0 Å². The molecule has 0 aliphatic carbocycles. The monoisotopic (exact) mass is 469 g/mol. The molecule has 94 valence electrons. The minimum Gasteiger partial charge on any atom is -0.506 e. The van der Waals surface area contributed by atoms with Crippen LogP contribution in [0.3, 0.4) is 0 Å². The molecule has 0 bridgehead atoms. The number of benzene rings is 1. The second kappa shape index (κ2) is 5.43. The average Bonchev–Trinajstić information content (AvgIpc) is 2.69. The van der Waals surface area contributed by atoms with Crippen LogP contribution in [0.4, 0.5) is 5.82 Å². The summed E-state index contributed by atoms with van der Waals surface area (Å²) in [4.78, 5) is 12.1. The van der Waals surface area contributed by atoms with E-state index in [1.54, 1.807) is 18.3 Å². The zero-order valence-corrected chi connectivity index (χ0v) is 13.6. The van der Waals surface area contributed by atoms with Crippen molar-refractivity contribution >= 4 is 56.9 Å². The third-order valence-corrected chi connectivity index (χ3v) is 3.79. The summed E-state index contributed by atoms with van der Waals surface area (Å²) >= 11 is 4.09. The highest BCUT2D eigenvalue weighted by Crippen LogP contribution is 2.27. The number of aromatic nitrogens is 2. The smallest absolute Gasteiger partial charge is 0.260 e. The molecule has 0 fully saturated rings. The highest BCUT2D eigenvalue weighted by atomic mass is 127. The minimum atomic E-state index is -0.365. The van der Waals surface area contributed by atoms with E-state index in [1.165, 1.54) is 0 Å². The van der Waals surface area contributed by atoms with Gasteiger partial charge in [0.15, 0.2) is 0 Å². The molecule has 7 heteroatoms. The van der Waals surface area contributed by atoms with Crippen LogP contribution in [0.1, 0.15) is 15.9 Å². The lowest BCUT2D eigenvalue weighted by atomic mass is 10.2. The molecule has 2 aromatic rings. The first-order valence-electron chi connectivity index (χ1n) is 4.98. The molecule has 0 aliphatic heterocycles. The Bertz CT molecular complexity index is 610. The molecule has 1 aromatic carbocycles. The molecule has 3 N–H and O–H groups in total. The Morgan fingerprint density at radius 2 is 2.17 bits per heavy atom. The van der Waals surface area contributed by atoms with Gasteiger partial charge in [-0.15, -0.1) is 0 Å². The van der Waals surface area contributed by atoms with Gasteiger partial charge in [0.1, 0.15) is 11.6 Å². The SMILES string of the molecule is Cc1cn[nH]c1NC(=O)c1cc(I)cc(I)c1O. The Balaban J connectivity index is 2.32. The number of rotatable bonds is 2. The third-order valence-electron chi connectivity index (χ3n) is 2.34. The van der Waals surface area contributed by atoms with Crippen molar-refractivity contribution in [3.8, 4) is 5.75 Å². The van der Waals surface area contributed by atoms with E-state index in [9.17, 15) is 9.90 Å². The summed E-state index contributed by atoms with van der Waals surface area (Å²) in [5.41, 5.74) is 1.09. The van der Waals surface area contributed by atoms with Gasteiger partial charge in [0.2, 0.25) is 0 Å². The first-order chi connectivity index (χ1) is 8.49. The molecule has 0 spiro atoms. The van der Waals surface area contributed by atoms with E-state index in [0.717, 1.165) is 9.13 Å². The van der Waals surface area contributed by atoms with E-state index in [1.807, 2.05) is 29.5 Å². The Morgan fingerprint density at radius 1 is 1.44 bits per heavy atom. The summed E-state index contributed by atoms with van der Waals surface area (Å²) in [5, 5.41) is 19.1. The Kier molecular flexibility index (Phi) is 4.10. The van der Waals surface area contributed by atoms with Gasteiger partial charge in [-0.25, -0.2) is 0 Å². The van der Waals surface area contributed by atoms with Crippen molar-refractivity contribution in [3.05, 3.63) is 36.6 Å². The molecule has 1 heterocycles. The number of nitrogens with one attached hydrogen (secondary N) is 2. The molecule has 5 nitrogen and oxygen atoms in total. The molecule has 0 saturated carbocycles. The molecule has 0 aliphatic rings. The quantitative estimate of drug-likeness (QED) is 0.593. The van der Waals surface area contributed by atoms with Gasteiger partial charge < -0.3 is 10.4 Å². The van der Waals surface area contributed by atoms with Crippen LogP contribution in [0, 0.1) is 14.1 Å². The molecule has 0 atom stereocenters. The lowest BCUT2D eigenvalue weighted by Gasteiger charge is -2.08. The molecular weight excluding hydrogens is 460 g/mol. The van der Waals surface area contributed by atoms with Gasteiger partial charge in [-0.3, -0.25) is 9.89 Å². The van der Waals surface area contributed by atoms with Gasteiger partial charge in [-0.05, 0) is 64.2 Å². The molecule has 0 radical (unpaired) electrons. The van der Waals surface area contributed by atoms with E-state index < -0.39 is 0 Å². The second-order valence-electron chi connectivity index (χ2n) is 3.67. The lowest BCUT2D eigenvalue weighted by Crippen LogP contribution is -2.13. The third kappa shape index (κ3) is 2.76. The van der Waals surface area contributed by atoms with Crippen molar-refractivity contribution in [2.45, 2.75) is 6.92 Å². The molecule has 1 amide bonds. The molecular formula is C11H9I2N3O2. The maximum absolute atomic E-state index is 12.1. The normalized spacial score (nSPS) is 10.4. The number of hydrogen-bond donors (Lipinski definition) is 3. The first-order valence-corrected chi connectivity index (χ1v) is 7.14. The van der Waals surface area contributed by atoms with E-state index in [2.05, 4.69) is 38.1 Å². The number of aryl methyl sites for hydroxylation is 1. The number of carbonyl (C=O) groups excluding carboxylic acids is 1. The van der Waals surface area contributed by atoms with Gasteiger partial charge in [0.05, 0.1) is 15.3 Å². The topological polar surface area (TPSA) is 78.0 Å². The minimum absolute atomic E-state index is 0.00863. The van der Waals surface area contributed by atoms with Crippen LogP contribution in [0.15, 0.2) is 18.3 Å². The first kappa shape index (κ1) is 13.6. The fraction of sp³-hybridized carbons (Fsp3) is 0.0909. The predicted molar refractivity (Wildman–Crippen MR) is 84.8 cm³/mol. The molecule has 0 saturated heterocycles. The van der Waals surface area contributed by atoms with E-state index in [0.29, 0.717) is 9.39 Å². The van der Waals surface area contributed by atoms with Gasteiger partial charge in [0, 0.05) is 9.13 Å². The summed E-state index contributed by atoms with van der Waals surface area (Å²) in [6.07, 6.45) is 1.62. The number of aromatic hydroxyl groups is 1. The number of carbonyl (C=O) groups is 1. The van der Waals surface area contributed by atoms with Crippen LogP contribution in [-0.4, -0.2) is 21.2 Å². The maximum atomic E-state index is 12.1. The summed E-state index contributed by atoms with van der Waals surface area (Å²) in [6, 6.07) is 3.44. The van der Waals surface area contributed by atoms with Crippen molar-refractivity contribution in [2.24, 2.45) is 0 Å². The van der Waals surface area contributed by atoms with Crippen LogP contribution in [0.5, 0.6) is 5.75 Å². The molecule has 1 aromatic heterocycles. The van der Waals surface area contributed by atoms with Crippen LogP contribution in [-0.2, 0) is 0 Å². The number of amides is 1. The molecule has 0 unspecified atom stereocenters. The number of aromatic amines is 1. The van der Waals surface area contributed by atoms with E-state index >= 15 is 0 Å². The predicted octanol–water partition coefficient (Wildman–Crippen LogP) is 2.89. The number of hydrogen-bond acceptors (Lipinski definition) is 3. The number of nitrogens with zero attached hydrogens (tertiary/aromatic N) is 1. The summed E-state index contributed by atoms with van der Waals surface area (Å²) < 4.78 is 1.53. The Labute approximate surface area is 131 Å². The highest BCUT2D eigenvalue weighted by Gasteiger charge is 2.16. The van der Waals surface area contributed by atoms with Crippen molar-refractivity contribution < 1.29 is 9.90 Å². The number of halogens is 2. The Morgan fingerprint density at radius 3 is 2.78 bits per heavy atom. The number of phenolic OH excluding ortho intramolecular Hbond substituents is 1. The zero-order chi connectivity index (χ0) is 13.3. The number of phenols is 1. The van der Waals surface area contributed by atoms with E-state index in [-0.39, 0.29) is 17.2 Å². The number of H-pyrrole nitrogens is 1. The van der Waals surface area contributed by atoms with Gasteiger partial charge in [-0.1, -0.05) is 0 Å². The second-order valence-corrected chi connectivity index (χ2v) is 6.07. The zero-order valence-electron chi connectivity index (χ0n) is 9.29. The summed E-state index contributed by atoms with van der Waals surface area (Å²) in [5.74, 6) is 0.162. The van der Waals surface area contributed by atoms with Crippen LogP contribution >= 0.6 is 45.2 Å². The number of anilines is 1. The largest absolute Gasteiger partial charge is 0.506 e. The summed E-state index contributed by atoms with van der Waals surface area (Å²) in [7, 11) is 0. The van der Waals surface area contributed by atoms with Gasteiger partial charge in [0.25, 0.3) is 5.91 Å². The molecule has 18 heavy (non-hydrogen) atoms. The fourth-order valence-corrected chi connectivity index (χ4v) is 3.24. The molecule has 2 rings (SSSR count). The van der Waals surface area contributed by atoms with Gasteiger partial charge >= 0.3 is 0 Å².